The van der Waals surface area contributed by atoms with E-state index >= 15 is 0 Å². The van der Waals surface area contributed by atoms with E-state index < -0.39 is 0 Å². The number of nitrogens with one attached hydrogen (secondary N) is 1. The quantitative estimate of drug-likeness (QED) is 0.808. The molecule has 2 rings (SSSR count). The molecule has 0 unspecified atom stereocenters. The zero-order chi connectivity index (χ0) is 19.1. The maximum atomic E-state index is 12.1. The Labute approximate surface area is 159 Å². The van der Waals surface area contributed by atoms with Gasteiger partial charge in [0.15, 0.2) is 0 Å². The van der Waals surface area contributed by atoms with Crippen LogP contribution < -0.4 is 15.1 Å². The summed E-state index contributed by atoms with van der Waals surface area (Å²) >= 11 is 5.85. The van der Waals surface area contributed by atoms with Crippen molar-refractivity contribution in [2.45, 2.75) is 19.9 Å². The van der Waals surface area contributed by atoms with Crippen molar-refractivity contribution in [3.63, 3.8) is 0 Å². The van der Waals surface area contributed by atoms with Gasteiger partial charge in [0, 0.05) is 56.9 Å². The van der Waals surface area contributed by atoms with Gasteiger partial charge in [0.2, 0.25) is 11.8 Å². The average Bonchev–Trinajstić information content (AvgIpc) is 2.61. The van der Waals surface area contributed by atoms with Crippen molar-refractivity contribution in [3.05, 3.63) is 59.1 Å². The molecule has 0 heterocycles. The van der Waals surface area contributed by atoms with Crippen LogP contribution in [-0.2, 0) is 16.1 Å². The van der Waals surface area contributed by atoms with Crippen molar-refractivity contribution in [3.8, 4) is 0 Å². The molecule has 0 aliphatic rings. The number of hydrogen-bond acceptors (Lipinski definition) is 3. The number of anilines is 2. The monoisotopic (exact) mass is 373 g/mol. The molecule has 0 saturated carbocycles. The second kappa shape index (κ2) is 9.25. The van der Waals surface area contributed by atoms with Gasteiger partial charge in [-0.05, 0) is 42.0 Å². The van der Waals surface area contributed by atoms with Crippen LogP contribution in [0.4, 0.5) is 11.4 Å². The standard InChI is InChI=1S/C20H24ClN3O2/c1-15(25)24(19-10-8-18(9-11-19)23(2)3)13-12-20(26)22-14-16-4-6-17(21)7-5-16/h4-11H,12-14H2,1-3H3,(H,22,26). The Balaban J connectivity index is 1.90. The highest BCUT2D eigenvalue weighted by Crippen LogP contribution is 2.20. The van der Waals surface area contributed by atoms with Crippen LogP contribution in [0, 0.1) is 0 Å². The summed E-state index contributed by atoms with van der Waals surface area (Å²) < 4.78 is 0. The average molecular weight is 374 g/mol. The van der Waals surface area contributed by atoms with Crippen molar-refractivity contribution < 1.29 is 9.59 Å². The van der Waals surface area contributed by atoms with Crippen LogP contribution in [0.25, 0.3) is 0 Å². The lowest BCUT2D eigenvalue weighted by Crippen LogP contribution is -2.33. The molecule has 0 spiro atoms. The Kier molecular flexibility index (Phi) is 7.04. The summed E-state index contributed by atoms with van der Waals surface area (Å²) in [7, 11) is 3.92. The molecule has 0 radical (unpaired) electrons. The molecule has 0 aromatic heterocycles. The Morgan fingerprint density at radius 2 is 1.54 bits per heavy atom. The van der Waals surface area contributed by atoms with Gasteiger partial charge in [-0.15, -0.1) is 0 Å². The molecule has 0 saturated heterocycles. The second-order valence-electron chi connectivity index (χ2n) is 6.23. The van der Waals surface area contributed by atoms with Gasteiger partial charge < -0.3 is 15.1 Å². The van der Waals surface area contributed by atoms with Gasteiger partial charge in [-0.2, -0.15) is 0 Å². The number of nitrogens with zero attached hydrogens (tertiary/aromatic N) is 2. The summed E-state index contributed by atoms with van der Waals surface area (Å²) in [5, 5.41) is 3.53. The molecule has 138 valence electrons. The van der Waals surface area contributed by atoms with Crippen molar-refractivity contribution in [1.29, 1.82) is 0 Å². The molecule has 0 aliphatic carbocycles. The first-order valence-corrected chi connectivity index (χ1v) is 8.81. The SMILES string of the molecule is CC(=O)N(CCC(=O)NCc1ccc(Cl)cc1)c1ccc(N(C)C)cc1. The smallest absolute Gasteiger partial charge is 0.223 e. The molecule has 0 fully saturated rings. The fourth-order valence-electron chi connectivity index (χ4n) is 2.50. The number of halogens is 1. The molecule has 5 nitrogen and oxygen atoms in total. The Hall–Kier alpha value is -2.53. The molecule has 0 atom stereocenters. The fourth-order valence-corrected chi connectivity index (χ4v) is 2.63. The lowest BCUT2D eigenvalue weighted by molar-refractivity contribution is -0.121. The normalized spacial score (nSPS) is 10.3. The van der Waals surface area contributed by atoms with Crippen LogP contribution in [0.5, 0.6) is 0 Å². The highest BCUT2D eigenvalue weighted by molar-refractivity contribution is 6.30. The fraction of sp³-hybridized carbons (Fsp3) is 0.300. The Bertz CT molecular complexity index is 743. The van der Waals surface area contributed by atoms with Gasteiger partial charge in [-0.25, -0.2) is 0 Å². The Morgan fingerprint density at radius 1 is 0.962 bits per heavy atom. The Morgan fingerprint density at radius 3 is 2.08 bits per heavy atom. The largest absolute Gasteiger partial charge is 0.378 e. The van der Waals surface area contributed by atoms with Crippen LogP contribution in [0.1, 0.15) is 18.9 Å². The van der Waals surface area contributed by atoms with Crippen molar-refractivity contribution >= 4 is 34.8 Å². The molecular weight excluding hydrogens is 350 g/mol. The van der Waals surface area contributed by atoms with Crippen LogP contribution in [0.15, 0.2) is 48.5 Å². The lowest BCUT2D eigenvalue weighted by atomic mass is 10.2. The van der Waals surface area contributed by atoms with E-state index in [0.29, 0.717) is 18.1 Å². The third kappa shape index (κ3) is 5.77. The van der Waals surface area contributed by atoms with Crippen LogP contribution in [-0.4, -0.2) is 32.5 Å². The predicted molar refractivity (Wildman–Crippen MR) is 107 cm³/mol. The molecular formula is C20H24ClN3O2. The minimum atomic E-state index is -0.101. The topological polar surface area (TPSA) is 52.7 Å². The summed E-state index contributed by atoms with van der Waals surface area (Å²) in [4.78, 5) is 27.7. The number of carbonyl (C=O) groups is 2. The summed E-state index contributed by atoms with van der Waals surface area (Å²) in [5.74, 6) is -0.191. The lowest BCUT2D eigenvalue weighted by Gasteiger charge is -2.22. The van der Waals surface area contributed by atoms with Crippen molar-refractivity contribution in [2.24, 2.45) is 0 Å². The molecule has 0 aliphatic heterocycles. The van der Waals surface area contributed by atoms with Crippen molar-refractivity contribution in [1.82, 2.24) is 5.32 Å². The highest BCUT2D eigenvalue weighted by Gasteiger charge is 2.13. The molecule has 2 aromatic rings. The first-order chi connectivity index (χ1) is 12.4. The molecule has 2 aromatic carbocycles. The van der Waals surface area contributed by atoms with E-state index in [1.54, 1.807) is 17.0 Å². The minimum absolute atomic E-state index is 0.0897. The molecule has 1 N–H and O–H groups in total. The van der Waals surface area contributed by atoms with E-state index in [0.717, 1.165) is 16.9 Å². The highest BCUT2D eigenvalue weighted by atomic mass is 35.5. The van der Waals surface area contributed by atoms with E-state index in [9.17, 15) is 9.59 Å². The minimum Gasteiger partial charge on any atom is -0.378 e. The van der Waals surface area contributed by atoms with Gasteiger partial charge in [-0.3, -0.25) is 9.59 Å². The van der Waals surface area contributed by atoms with E-state index in [4.69, 9.17) is 11.6 Å². The first-order valence-electron chi connectivity index (χ1n) is 8.43. The maximum absolute atomic E-state index is 12.1. The summed E-state index contributed by atoms with van der Waals surface area (Å²) in [5.41, 5.74) is 2.82. The first kappa shape index (κ1) is 19.8. The second-order valence-corrected chi connectivity index (χ2v) is 6.67. The van der Waals surface area contributed by atoms with Gasteiger partial charge >= 0.3 is 0 Å². The third-order valence-electron chi connectivity index (χ3n) is 4.02. The number of amides is 2. The van der Waals surface area contributed by atoms with E-state index in [-0.39, 0.29) is 18.2 Å². The zero-order valence-corrected chi connectivity index (χ0v) is 16.1. The van der Waals surface area contributed by atoms with Gasteiger partial charge in [0.1, 0.15) is 0 Å². The number of hydrogen-bond donors (Lipinski definition) is 1. The molecule has 6 heteroatoms. The molecule has 26 heavy (non-hydrogen) atoms. The zero-order valence-electron chi connectivity index (χ0n) is 15.3. The molecule has 2 amide bonds. The van der Waals surface area contributed by atoms with Crippen LogP contribution in [0.2, 0.25) is 5.02 Å². The van der Waals surface area contributed by atoms with Crippen molar-refractivity contribution in [2.75, 3.05) is 30.4 Å². The van der Waals surface area contributed by atoms with Crippen LogP contribution >= 0.6 is 11.6 Å². The number of carbonyl (C=O) groups excluding carboxylic acids is 2. The van der Waals surface area contributed by atoms with E-state index in [2.05, 4.69) is 5.32 Å². The maximum Gasteiger partial charge on any atom is 0.223 e. The van der Waals surface area contributed by atoms with Gasteiger partial charge in [0.05, 0.1) is 0 Å². The van der Waals surface area contributed by atoms with E-state index in [1.165, 1.54) is 6.92 Å². The third-order valence-corrected chi connectivity index (χ3v) is 4.28. The van der Waals surface area contributed by atoms with Gasteiger partial charge in [0.25, 0.3) is 0 Å². The molecule has 0 bridgehead atoms. The van der Waals surface area contributed by atoms with E-state index in [1.807, 2.05) is 55.4 Å². The van der Waals surface area contributed by atoms with Gasteiger partial charge in [-0.1, -0.05) is 23.7 Å². The number of rotatable bonds is 7. The van der Waals surface area contributed by atoms with Crippen LogP contribution in [0.3, 0.4) is 0 Å². The predicted octanol–water partition coefficient (Wildman–Crippen LogP) is 3.47. The summed E-state index contributed by atoms with van der Waals surface area (Å²) in [6.45, 7) is 2.28. The number of benzene rings is 2. The summed E-state index contributed by atoms with van der Waals surface area (Å²) in [6.07, 6.45) is 0.239. The summed E-state index contributed by atoms with van der Waals surface area (Å²) in [6, 6.07) is 15.0.